The number of hydrogen-bond donors (Lipinski definition) is 1. The maximum Gasteiger partial charge on any atom is 0.226 e. The van der Waals surface area contributed by atoms with Crippen molar-refractivity contribution in [2.24, 2.45) is 0 Å². The Kier molecular flexibility index (Phi) is 5.63. The molecule has 2 aromatic carbocycles. The zero-order valence-corrected chi connectivity index (χ0v) is 13.9. The Balaban J connectivity index is 1.82. The van der Waals surface area contributed by atoms with Crippen LogP contribution in [-0.2, 0) is 11.3 Å². The smallest absolute Gasteiger partial charge is 0.226 e. The second-order valence-electron chi connectivity index (χ2n) is 5.79. The number of aromatic hydroxyl groups is 1. The molecule has 0 unspecified atom stereocenters. The number of amides is 1. The molecule has 122 valence electrons. The number of aryl methyl sites for hydroxylation is 2. The van der Waals surface area contributed by atoms with Gasteiger partial charge < -0.3 is 14.7 Å². The normalized spacial score (nSPS) is 10.4. The van der Waals surface area contributed by atoms with Gasteiger partial charge in [-0.1, -0.05) is 29.8 Å². The van der Waals surface area contributed by atoms with Gasteiger partial charge in [0, 0.05) is 13.6 Å². The van der Waals surface area contributed by atoms with E-state index >= 15 is 0 Å². The van der Waals surface area contributed by atoms with Crippen LogP contribution in [0.5, 0.6) is 11.5 Å². The van der Waals surface area contributed by atoms with Crippen LogP contribution in [0, 0.1) is 13.8 Å². The van der Waals surface area contributed by atoms with Crippen molar-refractivity contribution in [1.29, 1.82) is 0 Å². The Hall–Kier alpha value is -2.49. The Morgan fingerprint density at radius 3 is 2.65 bits per heavy atom. The lowest BCUT2D eigenvalue weighted by Crippen LogP contribution is -2.27. The minimum Gasteiger partial charge on any atom is -0.508 e. The van der Waals surface area contributed by atoms with Crippen LogP contribution < -0.4 is 4.74 Å². The molecule has 0 aliphatic rings. The summed E-state index contributed by atoms with van der Waals surface area (Å²) in [5, 5.41) is 9.45. The van der Waals surface area contributed by atoms with Crippen LogP contribution >= 0.6 is 0 Å². The minimum atomic E-state index is 0.0121. The highest BCUT2D eigenvalue weighted by Crippen LogP contribution is 2.19. The van der Waals surface area contributed by atoms with Crippen molar-refractivity contribution in [2.45, 2.75) is 26.8 Å². The molecule has 0 saturated carbocycles. The van der Waals surface area contributed by atoms with Gasteiger partial charge in [0.25, 0.3) is 0 Å². The van der Waals surface area contributed by atoms with Crippen LogP contribution in [0.2, 0.25) is 0 Å². The van der Waals surface area contributed by atoms with E-state index in [-0.39, 0.29) is 11.7 Å². The molecule has 4 nitrogen and oxygen atoms in total. The highest BCUT2D eigenvalue weighted by molar-refractivity contribution is 5.76. The molecular weight excluding hydrogens is 290 g/mol. The Morgan fingerprint density at radius 1 is 1.17 bits per heavy atom. The molecule has 1 amide bonds. The van der Waals surface area contributed by atoms with E-state index in [9.17, 15) is 9.90 Å². The zero-order valence-electron chi connectivity index (χ0n) is 13.9. The Bertz CT molecular complexity index is 682. The second kappa shape index (κ2) is 7.68. The van der Waals surface area contributed by atoms with Gasteiger partial charge in [0.2, 0.25) is 5.91 Å². The molecule has 0 heterocycles. The first kappa shape index (κ1) is 16.9. The fraction of sp³-hybridized carbons (Fsp3) is 0.316. The second-order valence-corrected chi connectivity index (χ2v) is 5.79. The van der Waals surface area contributed by atoms with Crippen LogP contribution in [0.4, 0.5) is 0 Å². The molecule has 0 aliphatic heterocycles. The molecule has 0 fully saturated rings. The summed E-state index contributed by atoms with van der Waals surface area (Å²) in [6.45, 7) is 4.86. The van der Waals surface area contributed by atoms with E-state index in [1.807, 2.05) is 32.0 Å². The number of ether oxygens (including phenoxy) is 1. The number of phenolic OH excluding ortho intramolecular Hbond substituents is 1. The molecule has 0 atom stereocenters. The van der Waals surface area contributed by atoms with Gasteiger partial charge in [0.05, 0.1) is 13.0 Å². The third-order valence-electron chi connectivity index (χ3n) is 3.66. The average molecular weight is 313 g/mol. The molecule has 1 N–H and O–H groups in total. The lowest BCUT2D eigenvalue weighted by atomic mass is 10.1. The van der Waals surface area contributed by atoms with Gasteiger partial charge in [-0.3, -0.25) is 4.79 Å². The lowest BCUT2D eigenvalue weighted by molar-refractivity contribution is -0.130. The summed E-state index contributed by atoms with van der Waals surface area (Å²) in [5.41, 5.74) is 3.17. The van der Waals surface area contributed by atoms with Crippen molar-refractivity contribution in [1.82, 2.24) is 4.90 Å². The molecule has 0 spiro atoms. The van der Waals surface area contributed by atoms with Crippen LogP contribution in [0.25, 0.3) is 0 Å². The fourth-order valence-corrected chi connectivity index (χ4v) is 2.42. The third-order valence-corrected chi connectivity index (χ3v) is 3.66. The Labute approximate surface area is 137 Å². The van der Waals surface area contributed by atoms with E-state index in [0.717, 1.165) is 16.9 Å². The summed E-state index contributed by atoms with van der Waals surface area (Å²) < 4.78 is 5.69. The van der Waals surface area contributed by atoms with E-state index in [0.29, 0.717) is 19.6 Å². The summed E-state index contributed by atoms with van der Waals surface area (Å²) in [7, 11) is 1.75. The van der Waals surface area contributed by atoms with Gasteiger partial charge in [0.15, 0.2) is 0 Å². The van der Waals surface area contributed by atoms with Crippen molar-refractivity contribution in [3.05, 3.63) is 59.2 Å². The first-order valence-corrected chi connectivity index (χ1v) is 7.67. The number of carbonyl (C=O) groups excluding carboxylic acids is 1. The lowest BCUT2D eigenvalue weighted by Gasteiger charge is -2.18. The predicted octanol–water partition coefficient (Wildman–Crippen LogP) is 3.44. The Morgan fingerprint density at radius 2 is 1.96 bits per heavy atom. The van der Waals surface area contributed by atoms with E-state index in [2.05, 4.69) is 6.07 Å². The molecule has 0 aromatic heterocycles. The summed E-state index contributed by atoms with van der Waals surface area (Å²) in [4.78, 5) is 13.8. The maximum atomic E-state index is 12.1. The fourth-order valence-electron chi connectivity index (χ4n) is 2.42. The van der Waals surface area contributed by atoms with E-state index < -0.39 is 0 Å². The molecule has 0 bridgehead atoms. The largest absolute Gasteiger partial charge is 0.508 e. The van der Waals surface area contributed by atoms with E-state index in [1.165, 1.54) is 5.56 Å². The minimum absolute atomic E-state index is 0.0121. The van der Waals surface area contributed by atoms with Crippen LogP contribution in [0.3, 0.4) is 0 Å². The van der Waals surface area contributed by atoms with E-state index in [4.69, 9.17) is 4.74 Å². The van der Waals surface area contributed by atoms with Crippen molar-refractivity contribution in [2.75, 3.05) is 13.7 Å². The van der Waals surface area contributed by atoms with Gasteiger partial charge in [-0.05, 0) is 43.2 Å². The third kappa shape index (κ3) is 5.02. The highest BCUT2D eigenvalue weighted by atomic mass is 16.5. The van der Waals surface area contributed by atoms with E-state index in [1.54, 1.807) is 30.1 Å². The van der Waals surface area contributed by atoms with Gasteiger partial charge in [-0.2, -0.15) is 0 Å². The van der Waals surface area contributed by atoms with Crippen LogP contribution in [0.15, 0.2) is 42.5 Å². The average Bonchev–Trinajstić information content (AvgIpc) is 2.49. The first-order valence-electron chi connectivity index (χ1n) is 7.67. The highest BCUT2D eigenvalue weighted by Gasteiger charge is 2.10. The monoisotopic (exact) mass is 313 g/mol. The molecule has 23 heavy (non-hydrogen) atoms. The number of phenols is 1. The summed E-state index contributed by atoms with van der Waals surface area (Å²) in [6.07, 6.45) is 0.322. The number of rotatable bonds is 6. The molecule has 4 heteroatoms. The molecular formula is C19H23NO3. The van der Waals surface area contributed by atoms with Crippen LogP contribution in [-0.4, -0.2) is 29.6 Å². The van der Waals surface area contributed by atoms with Gasteiger partial charge >= 0.3 is 0 Å². The number of nitrogens with zero attached hydrogens (tertiary/aromatic N) is 1. The summed E-state index contributed by atoms with van der Waals surface area (Å²) in [5.74, 6) is 1.04. The summed E-state index contributed by atoms with van der Waals surface area (Å²) in [6, 6.07) is 12.9. The topological polar surface area (TPSA) is 49.8 Å². The SMILES string of the molecule is Cc1ccc(OCCC(=O)N(C)Cc2cccc(O)c2)c(C)c1. The first-order chi connectivity index (χ1) is 11.0. The zero-order chi connectivity index (χ0) is 16.8. The van der Waals surface area contributed by atoms with Crippen molar-refractivity contribution >= 4 is 5.91 Å². The van der Waals surface area contributed by atoms with Crippen LogP contribution in [0.1, 0.15) is 23.1 Å². The van der Waals surface area contributed by atoms with Gasteiger partial charge in [-0.25, -0.2) is 0 Å². The molecule has 0 aliphatic carbocycles. The molecule has 0 radical (unpaired) electrons. The van der Waals surface area contributed by atoms with Gasteiger partial charge in [-0.15, -0.1) is 0 Å². The maximum absolute atomic E-state index is 12.1. The number of benzene rings is 2. The number of hydrogen-bond acceptors (Lipinski definition) is 3. The predicted molar refractivity (Wildman–Crippen MR) is 90.6 cm³/mol. The standard InChI is InChI=1S/C19H23NO3/c1-14-7-8-18(15(2)11-14)23-10-9-19(22)20(3)13-16-5-4-6-17(21)12-16/h4-8,11-12,21H,9-10,13H2,1-3H3. The summed E-state index contributed by atoms with van der Waals surface area (Å²) >= 11 is 0. The van der Waals surface area contributed by atoms with Gasteiger partial charge in [0.1, 0.15) is 11.5 Å². The van der Waals surface area contributed by atoms with Crippen molar-refractivity contribution in [3.63, 3.8) is 0 Å². The molecule has 2 rings (SSSR count). The molecule has 2 aromatic rings. The van der Waals surface area contributed by atoms with Crippen molar-refractivity contribution in [3.8, 4) is 11.5 Å². The molecule has 0 saturated heterocycles. The quantitative estimate of drug-likeness (QED) is 0.889. The number of carbonyl (C=O) groups is 1. The van der Waals surface area contributed by atoms with Crippen molar-refractivity contribution < 1.29 is 14.6 Å².